The van der Waals surface area contributed by atoms with Crippen molar-refractivity contribution in [2.75, 3.05) is 13.1 Å². The largest absolute Gasteiger partial charge is 0.294 e. The first-order valence-electron chi connectivity index (χ1n) is 5.01. The Labute approximate surface area is 72.9 Å². The molecule has 1 spiro atoms. The second kappa shape index (κ2) is 1.87. The van der Waals surface area contributed by atoms with Gasteiger partial charge in [-0.2, -0.15) is 0 Å². The third-order valence-electron chi connectivity index (χ3n) is 4.08. The number of alkyl halides is 1. The van der Waals surface area contributed by atoms with E-state index in [2.05, 4.69) is 11.8 Å². The average molecular weight is 169 g/mol. The van der Waals surface area contributed by atoms with Crippen molar-refractivity contribution in [3.63, 3.8) is 0 Å². The molecule has 2 atom stereocenters. The second-order valence-electron chi connectivity index (χ2n) is 5.36. The number of fused-ring (bicyclic) bond motifs is 1. The minimum Gasteiger partial charge on any atom is -0.294 e. The summed E-state index contributed by atoms with van der Waals surface area (Å²) in [6.45, 7) is 4.14. The molecular weight excluding hydrogens is 153 g/mol. The first-order chi connectivity index (χ1) is 5.62. The first-order valence-corrected chi connectivity index (χ1v) is 5.01. The second-order valence-corrected chi connectivity index (χ2v) is 5.36. The lowest BCUT2D eigenvalue weighted by Crippen LogP contribution is -2.34. The smallest absolute Gasteiger partial charge is 0.115 e. The van der Waals surface area contributed by atoms with E-state index in [9.17, 15) is 4.39 Å². The van der Waals surface area contributed by atoms with Crippen LogP contribution in [-0.4, -0.2) is 29.7 Å². The molecule has 0 N–H and O–H groups in total. The molecule has 3 rings (SSSR count). The fraction of sp³-hybridized carbons (Fsp3) is 1.00. The molecule has 0 aromatic carbocycles. The maximum Gasteiger partial charge on any atom is 0.115 e. The number of hydrogen-bond acceptors (Lipinski definition) is 1. The first kappa shape index (κ1) is 7.31. The number of hydrogen-bond donors (Lipinski definition) is 0. The molecule has 68 valence electrons. The zero-order valence-electron chi connectivity index (χ0n) is 7.65. The molecule has 3 fully saturated rings. The molecule has 2 heteroatoms. The fourth-order valence-corrected chi connectivity index (χ4v) is 3.35. The van der Waals surface area contributed by atoms with Crippen molar-refractivity contribution in [3.8, 4) is 0 Å². The Balaban J connectivity index is 1.86. The van der Waals surface area contributed by atoms with E-state index in [-0.39, 0.29) is 5.54 Å². The number of rotatable bonds is 0. The standard InChI is InChI=1S/C10H16FN/c1-9-4-8(11)5-12(9)7-10(6-9)2-3-10/h8H,2-7H2,1H3/t8-,9-/m1/s1. The lowest BCUT2D eigenvalue weighted by Gasteiger charge is -2.25. The molecule has 0 amide bonds. The summed E-state index contributed by atoms with van der Waals surface area (Å²) in [6, 6.07) is 0. The van der Waals surface area contributed by atoms with Crippen LogP contribution in [0.15, 0.2) is 0 Å². The monoisotopic (exact) mass is 169 g/mol. The SMILES string of the molecule is C[C@]12C[C@@H](F)CN1CC1(CC1)C2. The predicted octanol–water partition coefficient (Wildman–Crippen LogP) is 1.97. The van der Waals surface area contributed by atoms with Crippen molar-refractivity contribution < 1.29 is 4.39 Å². The van der Waals surface area contributed by atoms with Gasteiger partial charge < -0.3 is 0 Å². The van der Waals surface area contributed by atoms with Crippen molar-refractivity contribution in [2.24, 2.45) is 5.41 Å². The van der Waals surface area contributed by atoms with Gasteiger partial charge in [0.05, 0.1) is 0 Å². The molecule has 0 bridgehead atoms. The van der Waals surface area contributed by atoms with Gasteiger partial charge in [-0.3, -0.25) is 4.90 Å². The van der Waals surface area contributed by atoms with Crippen LogP contribution in [0.5, 0.6) is 0 Å². The molecule has 1 saturated carbocycles. The van der Waals surface area contributed by atoms with E-state index in [0.29, 0.717) is 12.0 Å². The summed E-state index contributed by atoms with van der Waals surface area (Å²) in [5.41, 5.74) is 0.880. The van der Waals surface area contributed by atoms with Crippen molar-refractivity contribution in [3.05, 3.63) is 0 Å². The highest BCUT2D eigenvalue weighted by molar-refractivity contribution is 5.13. The Morgan fingerprint density at radius 1 is 1.42 bits per heavy atom. The molecule has 2 heterocycles. The summed E-state index contributed by atoms with van der Waals surface area (Å²) in [6.07, 6.45) is 4.30. The minimum absolute atomic E-state index is 0.232. The highest BCUT2D eigenvalue weighted by atomic mass is 19.1. The van der Waals surface area contributed by atoms with Gasteiger partial charge in [-0.1, -0.05) is 0 Å². The summed E-state index contributed by atoms with van der Waals surface area (Å²) in [7, 11) is 0. The maximum atomic E-state index is 13.1. The lowest BCUT2D eigenvalue weighted by molar-refractivity contribution is 0.216. The Hall–Kier alpha value is -0.110. The van der Waals surface area contributed by atoms with Crippen LogP contribution in [0.3, 0.4) is 0 Å². The topological polar surface area (TPSA) is 3.24 Å². The van der Waals surface area contributed by atoms with E-state index < -0.39 is 6.17 Å². The molecule has 0 radical (unpaired) electrons. The van der Waals surface area contributed by atoms with Crippen LogP contribution >= 0.6 is 0 Å². The summed E-state index contributed by atoms with van der Waals surface area (Å²) in [5.74, 6) is 0. The average Bonchev–Trinajstić information content (AvgIpc) is 2.52. The van der Waals surface area contributed by atoms with Gasteiger partial charge >= 0.3 is 0 Å². The quantitative estimate of drug-likeness (QED) is 0.536. The molecule has 0 unspecified atom stereocenters. The molecule has 1 nitrogen and oxygen atoms in total. The summed E-state index contributed by atoms with van der Waals surface area (Å²) in [5, 5.41) is 0. The Morgan fingerprint density at radius 3 is 2.75 bits per heavy atom. The predicted molar refractivity (Wildman–Crippen MR) is 45.8 cm³/mol. The van der Waals surface area contributed by atoms with Gasteiger partial charge in [0.25, 0.3) is 0 Å². The summed E-state index contributed by atoms with van der Waals surface area (Å²) >= 11 is 0. The van der Waals surface area contributed by atoms with Crippen LogP contribution in [0.2, 0.25) is 0 Å². The number of nitrogens with zero attached hydrogens (tertiary/aromatic N) is 1. The van der Waals surface area contributed by atoms with Gasteiger partial charge in [-0.15, -0.1) is 0 Å². The molecule has 12 heavy (non-hydrogen) atoms. The van der Waals surface area contributed by atoms with Gasteiger partial charge in [-0.05, 0) is 38.0 Å². The maximum absolute atomic E-state index is 13.1. The molecule has 2 saturated heterocycles. The van der Waals surface area contributed by atoms with Gasteiger partial charge in [-0.25, -0.2) is 4.39 Å². The molecule has 0 aromatic heterocycles. The van der Waals surface area contributed by atoms with E-state index in [1.54, 1.807) is 0 Å². The van der Waals surface area contributed by atoms with Crippen LogP contribution in [0, 0.1) is 5.41 Å². The molecular formula is C10H16FN. The normalized spacial score (nSPS) is 50.0. The molecule has 0 aromatic rings. The van der Waals surface area contributed by atoms with E-state index in [0.717, 1.165) is 6.42 Å². The zero-order valence-corrected chi connectivity index (χ0v) is 7.65. The third-order valence-corrected chi connectivity index (χ3v) is 4.08. The van der Waals surface area contributed by atoms with Crippen LogP contribution in [0.4, 0.5) is 4.39 Å². The van der Waals surface area contributed by atoms with Crippen molar-refractivity contribution in [1.29, 1.82) is 0 Å². The van der Waals surface area contributed by atoms with E-state index in [4.69, 9.17) is 0 Å². The van der Waals surface area contributed by atoms with Crippen LogP contribution in [0.1, 0.15) is 32.6 Å². The third kappa shape index (κ3) is 0.819. The van der Waals surface area contributed by atoms with Crippen molar-refractivity contribution in [2.45, 2.75) is 44.3 Å². The Bertz CT molecular complexity index is 224. The molecule has 3 aliphatic rings. The molecule has 2 aliphatic heterocycles. The summed E-state index contributed by atoms with van der Waals surface area (Å²) in [4.78, 5) is 2.39. The van der Waals surface area contributed by atoms with Gasteiger partial charge in [0.15, 0.2) is 0 Å². The van der Waals surface area contributed by atoms with Crippen LogP contribution in [0.25, 0.3) is 0 Å². The van der Waals surface area contributed by atoms with Gasteiger partial charge in [0.2, 0.25) is 0 Å². The van der Waals surface area contributed by atoms with E-state index >= 15 is 0 Å². The zero-order chi connectivity index (χ0) is 8.40. The van der Waals surface area contributed by atoms with Crippen molar-refractivity contribution in [1.82, 2.24) is 4.90 Å². The lowest BCUT2D eigenvalue weighted by atomic mass is 9.90. The molecule has 1 aliphatic carbocycles. The van der Waals surface area contributed by atoms with Gasteiger partial charge in [0, 0.05) is 18.6 Å². The Morgan fingerprint density at radius 2 is 2.17 bits per heavy atom. The van der Waals surface area contributed by atoms with Gasteiger partial charge in [0.1, 0.15) is 6.17 Å². The highest BCUT2D eigenvalue weighted by Gasteiger charge is 2.59. The minimum atomic E-state index is -0.550. The van der Waals surface area contributed by atoms with E-state index in [1.807, 2.05) is 0 Å². The Kier molecular flexibility index (Phi) is 1.14. The summed E-state index contributed by atoms with van der Waals surface area (Å²) < 4.78 is 13.1. The van der Waals surface area contributed by atoms with Crippen LogP contribution in [-0.2, 0) is 0 Å². The fourth-order valence-electron chi connectivity index (χ4n) is 3.35. The van der Waals surface area contributed by atoms with E-state index in [1.165, 1.54) is 25.8 Å². The van der Waals surface area contributed by atoms with Crippen molar-refractivity contribution >= 4 is 0 Å². The van der Waals surface area contributed by atoms with Crippen LogP contribution < -0.4 is 0 Å². The number of halogens is 1. The highest BCUT2D eigenvalue weighted by Crippen LogP contribution is 2.60.